The molecule has 0 radical (unpaired) electrons. The van der Waals surface area contributed by atoms with Crippen molar-refractivity contribution in [2.75, 3.05) is 0 Å². The Hall–Kier alpha value is -2.82. The van der Waals surface area contributed by atoms with E-state index in [1.54, 1.807) is 24.3 Å². The summed E-state index contributed by atoms with van der Waals surface area (Å²) >= 11 is 0. The van der Waals surface area contributed by atoms with Crippen molar-refractivity contribution in [3.05, 3.63) is 77.9 Å². The molecule has 3 aromatic rings. The van der Waals surface area contributed by atoms with Crippen LogP contribution in [-0.4, -0.2) is 17.2 Å². The normalized spacial score (nSPS) is 11.2. The number of allylic oxidation sites excluding steroid dienone is 2. The van der Waals surface area contributed by atoms with Crippen molar-refractivity contribution in [2.24, 2.45) is 0 Å². The SMILES string of the molecule is C=C/C=C\c1c(C)ccc(C)c1-c1oc2c(B(O)O)cccc2c1C=C. The third-order valence-electron chi connectivity index (χ3n) is 4.56. The zero-order chi connectivity index (χ0) is 18.8. The van der Waals surface area contributed by atoms with Crippen molar-refractivity contribution >= 4 is 35.7 Å². The number of fused-ring (bicyclic) bond motifs is 1. The number of hydrogen-bond acceptors (Lipinski definition) is 3. The van der Waals surface area contributed by atoms with Gasteiger partial charge in [0.1, 0.15) is 11.3 Å². The Morgan fingerprint density at radius 1 is 1.00 bits per heavy atom. The lowest BCUT2D eigenvalue weighted by atomic mass is 9.79. The smallest absolute Gasteiger partial charge is 0.456 e. The monoisotopic (exact) mass is 344 g/mol. The molecule has 26 heavy (non-hydrogen) atoms. The van der Waals surface area contributed by atoms with Gasteiger partial charge in [-0.3, -0.25) is 0 Å². The zero-order valence-electron chi connectivity index (χ0n) is 15.0. The maximum atomic E-state index is 9.68. The van der Waals surface area contributed by atoms with Gasteiger partial charge in [-0.25, -0.2) is 0 Å². The van der Waals surface area contributed by atoms with E-state index in [0.717, 1.165) is 33.2 Å². The van der Waals surface area contributed by atoms with E-state index in [-0.39, 0.29) is 0 Å². The molecule has 0 unspecified atom stereocenters. The molecular weight excluding hydrogens is 323 g/mol. The first-order valence-corrected chi connectivity index (χ1v) is 8.43. The van der Waals surface area contributed by atoms with Crippen LogP contribution >= 0.6 is 0 Å². The standard InChI is InChI=1S/C22H21BO3/c1-5-7-9-17-14(3)12-13-15(4)20(17)22-16(6-2)18-10-8-11-19(23(24)25)21(18)26-22/h5-13,24-25H,1-2H2,3-4H3/b9-7-. The highest BCUT2D eigenvalue weighted by atomic mass is 16.4. The lowest BCUT2D eigenvalue weighted by Gasteiger charge is -2.12. The number of para-hydroxylation sites is 1. The molecule has 4 heteroatoms. The minimum absolute atomic E-state index is 0.338. The molecule has 3 nitrogen and oxygen atoms in total. The number of hydrogen-bond donors (Lipinski definition) is 2. The van der Waals surface area contributed by atoms with Crippen LogP contribution in [0.1, 0.15) is 22.3 Å². The summed E-state index contributed by atoms with van der Waals surface area (Å²) in [5, 5.41) is 20.2. The van der Waals surface area contributed by atoms with E-state index in [2.05, 4.69) is 25.3 Å². The third-order valence-corrected chi connectivity index (χ3v) is 4.56. The van der Waals surface area contributed by atoms with Gasteiger partial charge in [-0.2, -0.15) is 0 Å². The molecule has 0 amide bonds. The number of furan rings is 1. The minimum atomic E-state index is -1.60. The fraction of sp³-hybridized carbons (Fsp3) is 0.0909. The Balaban J connectivity index is 2.42. The van der Waals surface area contributed by atoms with Crippen molar-refractivity contribution < 1.29 is 14.5 Å². The van der Waals surface area contributed by atoms with Gasteiger partial charge in [0, 0.05) is 22.0 Å². The van der Waals surface area contributed by atoms with Gasteiger partial charge < -0.3 is 14.5 Å². The quantitative estimate of drug-likeness (QED) is 0.538. The molecule has 2 N–H and O–H groups in total. The average molecular weight is 344 g/mol. The summed E-state index contributed by atoms with van der Waals surface area (Å²) in [5.74, 6) is 0.674. The van der Waals surface area contributed by atoms with Crippen molar-refractivity contribution in [2.45, 2.75) is 13.8 Å². The molecule has 1 aromatic heterocycles. The van der Waals surface area contributed by atoms with Gasteiger partial charge >= 0.3 is 7.12 Å². The number of aryl methyl sites for hydroxylation is 2. The van der Waals surface area contributed by atoms with Crippen LogP contribution in [0.15, 0.2) is 60.1 Å². The van der Waals surface area contributed by atoms with E-state index in [9.17, 15) is 10.0 Å². The highest BCUT2D eigenvalue weighted by molar-refractivity contribution is 6.61. The molecule has 0 aliphatic rings. The molecule has 0 saturated carbocycles. The molecule has 0 atom stereocenters. The van der Waals surface area contributed by atoms with Crippen molar-refractivity contribution in [1.82, 2.24) is 0 Å². The van der Waals surface area contributed by atoms with Crippen molar-refractivity contribution in [1.29, 1.82) is 0 Å². The van der Waals surface area contributed by atoms with Gasteiger partial charge in [-0.1, -0.05) is 67.8 Å². The Morgan fingerprint density at radius 3 is 2.38 bits per heavy atom. The van der Waals surface area contributed by atoms with Crippen LogP contribution < -0.4 is 5.46 Å². The Morgan fingerprint density at radius 2 is 1.73 bits per heavy atom. The Labute approximate surface area is 153 Å². The molecule has 0 aliphatic heterocycles. The van der Waals surface area contributed by atoms with Crippen molar-refractivity contribution in [3.63, 3.8) is 0 Å². The first kappa shape index (κ1) is 18.0. The second kappa shape index (κ2) is 7.20. The van der Waals surface area contributed by atoms with Crippen LogP contribution in [0.5, 0.6) is 0 Å². The molecule has 0 aliphatic carbocycles. The summed E-state index contributed by atoms with van der Waals surface area (Å²) < 4.78 is 6.17. The van der Waals surface area contributed by atoms with Gasteiger partial charge in [0.25, 0.3) is 0 Å². The summed E-state index contributed by atoms with van der Waals surface area (Å²) in [6.45, 7) is 11.8. The summed E-state index contributed by atoms with van der Waals surface area (Å²) in [6.07, 6.45) is 7.38. The first-order chi connectivity index (χ1) is 12.5. The van der Waals surface area contributed by atoms with Crippen LogP contribution in [0.25, 0.3) is 34.4 Å². The number of benzene rings is 2. The molecule has 130 valence electrons. The van der Waals surface area contributed by atoms with E-state index in [4.69, 9.17) is 4.42 Å². The molecule has 0 saturated heterocycles. The molecular formula is C22H21BO3. The fourth-order valence-electron chi connectivity index (χ4n) is 3.27. The van der Waals surface area contributed by atoms with Gasteiger partial charge in [-0.05, 0) is 30.5 Å². The van der Waals surface area contributed by atoms with E-state index in [0.29, 0.717) is 16.8 Å². The third kappa shape index (κ3) is 2.94. The summed E-state index contributed by atoms with van der Waals surface area (Å²) in [7, 11) is -1.60. The molecule has 0 bridgehead atoms. The van der Waals surface area contributed by atoms with Gasteiger partial charge in [0.05, 0.1) is 0 Å². The largest absolute Gasteiger partial charge is 0.492 e. The predicted molar refractivity (Wildman–Crippen MR) is 110 cm³/mol. The summed E-state index contributed by atoms with van der Waals surface area (Å²) in [6, 6.07) is 9.45. The van der Waals surface area contributed by atoms with Crippen LogP contribution in [0.2, 0.25) is 0 Å². The molecule has 2 aromatic carbocycles. The van der Waals surface area contributed by atoms with Gasteiger partial charge in [0.15, 0.2) is 0 Å². The minimum Gasteiger partial charge on any atom is -0.456 e. The van der Waals surface area contributed by atoms with E-state index in [1.807, 2.05) is 32.1 Å². The van der Waals surface area contributed by atoms with Gasteiger partial charge in [0.2, 0.25) is 0 Å². The van der Waals surface area contributed by atoms with Crippen LogP contribution in [0, 0.1) is 13.8 Å². The second-order valence-electron chi connectivity index (χ2n) is 6.23. The molecule has 0 fully saturated rings. The van der Waals surface area contributed by atoms with Crippen LogP contribution in [-0.2, 0) is 0 Å². The predicted octanol–water partition coefficient (Wildman–Crippen LogP) is 4.24. The van der Waals surface area contributed by atoms with Crippen LogP contribution in [0.3, 0.4) is 0 Å². The summed E-state index contributed by atoms with van der Waals surface area (Å²) in [5.41, 5.74) is 5.82. The second-order valence-corrected chi connectivity index (χ2v) is 6.23. The van der Waals surface area contributed by atoms with Gasteiger partial charge in [-0.15, -0.1) is 0 Å². The zero-order valence-corrected chi connectivity index (χ0v) is 15.0. The maximum absolute atomic E-state index is 9.68. The maximum Gasteiger partial charge on any atom is 0.492 e. The molecule has 1 heterocycles. The highest BCUT2D eigenvalue weighted by Crippen LogP contribution is 2.38. The Bertz CT molecular complexity index is 1030. The van der Waals surface area contributed by atoms with Crippen molar-refractivity contribution in [3.8, 4) is 11.3 Å². The lowest BCUT2D eigenvalue weighted by molar-refractivity contribution is 0.425. The van der Waals surface area contributed by atoms with E-state index in [1.165, 1.54) is 0 Å². The first-order valence-electron chi connectivity index (χ1n) is 8.43. The summed E-state index contributed by atoms with van der Waals surface area (Å²) in [4.78, 5) is 0. The van der Waals surface area contributed by atoms with Crippen LogP contribution in [0.4, 0.5) is 0 Å². The topological polar surface area (TPSA) is 53.6 Å². The fourth-order valence-corrected chi connectivity index (χ4v) is 3.27. The number of rotatable bonds is 5. The molecule has 0 spiro atoms. The average Bonchev–Trinajstić information content (AvgIpc) is 2.99. The molecule has 3 rings (SSSR count). The highest BCUT2D eigenvalue weighted by Gasteiger charge is 2.23. The Kier molecular flexibility index (Phi) is 4.98. The lowest BCUT2D eigenvalue weighted by Crippen LogP contribution is -2.29. The van der Waals surface area contributed by atoms with E-state index < -0.39 is 7.12 Å². The van der Waals surface area contributed by atoms with E-state index >= 15 is 0 Å².